The molecule has 2 aliphatic carbocycles. The molecule has 56 heavy (non-hydrogen) atoms. The second kappa shape index (κ2) is 23.6. The van der Waals surface area contributed by atoms with Crippen LogP contribution in [0, 0.1) is 31.2 Å². The third-order valence-corrected chi connectivity index (χ3v) is 9.20. The van der Waals surface area contributed by atoms with Crippen molar-refractivity contribution < 1.29 is 24.2 Å². The van der Waals surface area contributed by atoms with Gasteiger partial charge in [0.25, 0.3) is 0 Å². The molecule has 0 heterocycles. The summed E-state index contributed by atoms with van der Waals surface area (Å²) in [4.78, 5) is 0. The zero-order valence-corrected chi connectivity index (χ0v) is 38.5. The molecule has 0 saturated carbocycles. The van der Waals surface area contributed by atoms with Crippen molar-refractivity contribution in [3.05, 3.63) is 203 Å². The van der Waals surface area contributed by atoms with Crippen LogP contribution in [0.4, 0.5) is 0 Å². The second-order valence-electron chi connectivity index (χ2n) is 15.2. The van der Waals surface area contributed by atoms with Gasteiger partial charge < -0.3 is 0 Å². The van der Waals surface area contributed by atoms with Gasteiger partial charge in [-0.3, -0.25) is 6.08 Å². The van der Waals surface area contributed by atoms with Crippen molar-refractivity contribution in [1.82, 2.24) is 0 Å². The van der Waals surface area contributed by atoms with Crippen LogP contribution in [0.3, 0.4) is 0 Å². The summed E-state index contributed by atoms with van der Waals surface area (Å²) in [5.41, 5.74) is 14.8. The van der Waals surface area contributed by atoms with E-state index in [0.717, 1.165) is 17.9 Å². The fourth-order valence-corrected chi connectivity index (χ4v) is 6.42. The van der Waals surface area contributed by atoms with Gasteiger partial charge in [-0.15, -0.1) is 60.1 Å². The monoisotopic (exact) mass is 872 g/mol. The number of benzene rings is 6. The molecule has 290 valence electrons. The standard InChI is InChI=1S/C33H33.C7H7.C6H4Cl.C5H5.CH2.2ClH.Zr/c1-32(2,3)30-20-26-24(18-28(30)22-13-9-7-10-14-22)17-25-19-29(23-15-11-8-12-16-23)31(21-27(25)26)33(4,5)6;1-7-5-3-2-4-6-7;7-6-4-2-1-3-5-6;1-2-4-5-3-1;;;;/h7-16,18,20-21H,17H2,1-6H3;3-6H,1H3;1-2,4-5H;1-3H,4H2;1H2;2*1H;/q4*-1;;;;. The Kier molecular flexibility index (Phi) is 20.5. The summed E-state index contributed by atoms with van der Waals surface area (Å²) in [6, 6.07) is 53.7. The topological polar surface area (TPSA) is 0 Å². The third kappa shape index (κ3) is 14.1. The molecule has 0 bridgehead atoms. The van der Waals surface area contributed by atoms with E-state index in [1.165, 1.54) is 85.4 Å². The maximum atomic E-state index is 5.51. The van der Waals surface area contributed by atoms with Crippen LogP contribution < -0.4 is 0 Å². The van der Waals surface area contributed by atoms with Gasteiger partial charge in [0.15, 0.2) is 0 Å². The molecular formula is C52H53Cl3Zr-4. The van der Waals surface area contributed by atoms with Crippen molar-refractivity contribution in [3.8, 4) is 33.4 Å². The summed E-state index contributed by atoms with van der Waals surface area (Å²) in [5.74, 6) is 0. The average Bonchev–Trinajstić information content (AvgIpc) is 3.88. The number of allylic oxidation sites excluding steroid dienone is 4. The van der Waals surface area contributed by atoms with Crippen LogP contribution in [0.25, 0.3) is 33.4 Å². The minimum atomic E-state index is 0. The number of aryl methyl sites for hydroxylation is 1. The van der Waals surface area contributed by atoms with E-state index in [-0.39, 0.29) is 35.6 Å². The van der Waals surface area contributed by atoms with E-state index in [9.17, 15) is 0 Å². The molecule has 0 N–H and O–H groups in total. The number of rotatable bonds is 2. The van der Waals surface area contributed by atoms with E-state index >= 15 is 0 Å². The Morgan fingerprint density at radius 1 is 0.643 bits per heavy atom. The van der Waals surface area contributed by atoms with Gasteiger partial charge >= 0.3 is 28.4 Å². The summed E-state index contributed by atoms with van der Waals surface area (Å²) in [6.45, 7) is 16.0. The first kappa shape index (κ1) is 48.6. The van der Waals surface area contributed by atoms with Gasteiger partial charge in [0.05, 0.1) is 0 Å². The van der Waals surface area contributed by atoms with E-state index in [1.807, 2.05) is 54.6 Å². The number of halogens is 3. The Morgan fingerprint density at radius 2 is 1.23 bits per heavy atom. The van der Waals surface area contributed by atoms with Crippen molar-refractivity contribution in [1.29, 1.82) is 0 Å². The van der Waals surface area contributed by atoms with Crippen LogP contribution in [-0.4, -0.2) is 4.21 Å². The first-order chi connectivity index (χ1) is 25.9. The predicted molar refractivity (Wildman–Crippen MR) is 245 cm³/mol. The van der Waals surface area contributed by atoms with Crippen molar-refractivity contribution in [2.45, 2.75) is 72.1 Å². The Labute approximate surface area is 370 Å². The molecule has 0 aromatic heterocycles. The van der Waals surface area contributed by atoms with Gasteiger partial charge in [0.2, 0.25) is 0 Å². The van der Waals surface area contributed by atoms with E-state index in [0.29, 0.717) is 0 Å². The zero-order valence-electron chi connectivity index (χ0n) is 33.7. The van der Waals surface area contributed by atoms with Gasteiger partial charge in [0.1, 0.15) is 0 Å². The minimum absolute atomic E-state index is 0. The van der Waals surface area contributed by atoms with Crippen molar-refractivity contribution >= 4 is 40.6 Å². The predicted octanol–water partition coefficient (Wildman–Crippen LogP) is 15.0. The molecule has 4 heteroatoms. The van der Waals surface area contributed by atoms with Crippen molar-refractivity contribution in [3.63, 3.8) is 0 Å². The summed E-state index contributed by atoms with van der Waals surface area (Å²) in [7, 11) is 0. The number of hydrogen-bond acceptors (Lipinski definition) is 0. The molecular weight excluding hydrogens is 822 g/mol. The fraction of sp³-hybridized carbons (Fsp3) is 0.212. The van der Waals surface area contributed by atoms with Gasteiger partial charge in [-0.2, -0.15) is 83.9 Å². The molecule has 2 aliphatic rings. The molecule has 0 saturated heterocycles. The van der Waals surface area contributed by atoms with Crippen LogP contribution in [0.15, 0.2) is 146 Å². The molecule has 0 nitrogen and oxygen atoms in total. The quantitative estimate of drug-likeness (QED) is 0.152. The van der Waals surface area contributed by atoms with E-state index in [2.05, 4.69) is 162 Å². The summed E-state index contributed by atoms with van der Waals surface area (Å²) in [5, 5.41) is 0.738. The molecule has 0 amide bonds. The van der Waals surface area contributed by atoms with Crippen molar-refractivity contribution in [2.75, 3.05) is 0 Å². The number of hydrogen-bond donors (Lipinski definition) is 0. The summed E-state index contributed by atoms with van der Waals surface area (Å²) in [6.07, 6.45) is 10.9. The Balaban J connectivity index is 0.000000382. The SMILES string of the molecule is CC(C)(C)c1cc2c([c-]c1-c1ccccc1)Cc1cc(-c3ccccc3)c(C(C)(C)C)cc1-2.Cc1cc[c-]cc1.Cl.Cl.Clc1c[c-]ccc1.[C-]1=CC=CC1.[CH2]=[Zr]. The molecule has 0 aliphatic heterocycles. The molecule has 6 aromatic rings. The zero-order chi connectivity index (χ0) is 39.1. The van der Waals surface area contributed by atoms with Gasteiger partial charge in [-0.05, 0) is 39.5 Å². The molecule has 0 atom stereocenters. The van der Waals surface area contributed by atoms with Gasteiger partial charge in [0, 0.05) is 0 Å². The van der Waals surface area contributed by atoms with Crippen molar-refractivity contribution in [2.24, 2.45) is 0 Å². The molecule has 0 unspecified atom stereocenters. The molecule has 0 spiro atoms. The van der Waals surface area contributed by atoms with Crippen LogP contribution >= 0.6 is 36.4 Å². The Morgan fingerprint density at radius 3 is 1.66 bits per heavy atom. The fourth-order valence-electron chi connectivity index (χ4n) is 6.28. The van der Waals surface area contributed by atoms with E-state index in [1.54, 1.807) is 6.07 Å². The Hall–Kier alpha value is -3.58. The normalized spacial score (nSPS) is 11.5. The van der Waals surface area contributed by atoms with Gasteiger partial charge in [-0.1, -0.05) is 143 Å². The summed E-state index contributed by atoms with van der Waals surface area (Å²) < 4.78 is 3.34. The first-order valence-electron chi connectivity index (χ1n) is 18.4. The van der Waals surface area contributed by atoms with Crippen LogP contribution in [0.5, 0.6) is 0 Å². The average molecular weight is 876 g/mol. The van der Waals surface area contributed by atoms with E-state index < -0.39 is 0 Å². The summed E-state index contributed by atoms with van der Waals surface area (Å²) >= 11 is 6.81. The molecule has 8 rings (SSSR count). The van der Waals surface area contributed by atoms with Crippen LogP contribution in [0.1, 0.15) is 75.8 Å². The number of fused-ring (bicyclic) bond motifs is 3. The van der Waals surface area contributed by atoms with E-state index in [4.69, 9.17) is 11.6 Å². The van der Waals surface area contributed by atoms with Crippen LogP contribution in [0.2, 0.25) is 5.02 Å². The Bertz CT molecular complexity index is 1960. The second-order valence-corrected chi connectivity index (χ2v) is 15.7. The molecule has 6 aromatic carbocycles. The molecule has 0 fully saturated rings. The molecule has 0 radical (unpaired) electrons. The van der Waals surface area contributed by atoms with Gasteiger partial charge in [-0.25, -0.2) is 12.2 Å². The third-order valence-electron chi connectivity index (χ3n) is 8.96. The van der Waals surface area contributed by atoms with Crippen LogP contribution in [-0.2, 0) is 41.5 Å². The maximum absolute atomic E-state index is 5.51. The first-order valence-corrected chi connectivity index (χ1v) is 20.5.